The number of carbonyl (C=O) groups is 1. The maximum Gasteiger partial charge on any atom is 0.220 e. The Morgan fingerprint density at radius 1 is 0.611 bits per heavy atom. The quantitative estimate of drug-likeness (QED) is 0.0274. The van der Waals surface area contributed by atoms with Gasteiger partial charge in [0, 0.05) is 6.42 Å². The second-order valence-corrected chi connectivity index (χ2v) is 15.5. The Kier molecular flexibility index (Phi) is 33.4. The highest BCUT2D eigenvalue weighted by molar-refractivity contribution is 5.76. The number of aliphatic hydroxyl groups is 5. The van der Waals surface area contributed by atoms with Gasteiger partial charge in [-0.15, -0.1) is 0 Å². The fourth-order valence-corrected chi connectivity index (χ4v) is 6.81. The van der Waals surface area contributed by atoms with Crippen molar-refractivity contribution in [3.8, 4) is 0 Å². The van der Waals surface area contributed by atoms with Crippen molar-refractivity contribution >= 4 is 5.91 Å². The number of nitrogens with one attached hydrogen (secondary N) is 1. The van der Waals surface area contributed by atoms with E-state index in [1.165, 1.54) is 109 Å². The first-order chi connectivity index (χ1) is 26.3. The van der Waals surface area contributed by atoms with Crippen molar-refractivity contribution in [2.45, 2.75) is 230 Å². The average Bonchev–Trinajstić information content (AvgIpc) is 3.17. The molecular formula is C45H83NO8. The molecule has 0 bridgehead atoms. The van der Waals surface area contributed by atoms with Gasteiger partial charge in [0.05, 0.1) is 25.4 Å². The molecule has 1 rings (SSSR count). The number of unbranched alkanes of at least 4 members (excludes halogenated alkanes) is 22. The van der Waals surface area contributed by atoms with Gasteiger partial charge in [-0.3, -0.25) is 4.79 Å². The Labute approximate surface area is 330 Å². The topological polar surface area (TPSA) is 149 Å². The summed E-state index contributed by atoms with van der Waals surface area (Å²) in [5, 5.41) is 54.1. The van der Waals surface area contributed by atoms with Gasteiger partial charge in [0.15, 0.2) is 6.29 Å². The zero-order valence-electron chi connectivity index (χ0n) is 34.5. The Bertz CT molecular complexity index is 941. The molecule has 1 fully saturated rings. The normalized spacial score (nSPS) is 21.8. The van der Waals surface area contributed by atoms with Gasteiger partial charge in [0.2, 0.25) is 5.91 Å². The van der Waals surface area contributed by atoms with E-state index in [0.29, 0.717) is 6.42 Å². The number of aliphatic hydroxyl groups excluding tert-OH is 5. The zero-order chi connectivity index (χ0) is 39.5. The van der Waals surface area contributed by atoms with Gasteiger partial charge in [0.25, 0.3) is 0 Å². The molecular weight excluding hydrogens is 682 g/mol. The zero-order valence-corrected chi connectivity index (χ0v) is 34.5. The highest BCUT2D eigenvalue weighted by atomic mass is 16.7. The van der Waals surface area contributed by atoms with Gasteiger partial charge >= 0.3 is 0 Å². The first-order valence-corrected chi connectivity index (χ1v) is 22.2. The number of carbonyl (C=O) groups excluding carboxylic acids is 1. The fraction of sp³-hybridized carbons (Fsp3) is 0.844. The number of hydrogen-bond acceptors (Lipinski definition) is 8. The molecule has 9 heteroatoms. The van der Waals surface area contributed by atoms with E-state index in [2.05, 4.69) is 43.5 Å². The van der Waals surface area contributed by atoms with Crippen molar-refractivity contribution < 1.29 is 39.8 Å². The minimum absolute atomic E-state index is 0.197. The highest BCUT2D eigenvalue weighted by Crippen LogP contribution is 2.22. The van der Waals surface area contributed by atoms with Crippen molar-refractivity contribution in [1.82, 2.24) is 5.32 Å². The largest absolute Gasteiger partial charge is 0.394 e. The van der Waals surface area contributed by atoms with E-state index in [4.69, 9.17) is 9.47 Å². The molecule has 54 heavy (non-hydrogen) atoms. The van der Waals surface area contributed by atoms with Gasteiger partial charge in [-0.05, 0) is 57.8 Å². The van der Waals surface area contributed by atoms with E-state index >= 15 is 0 Å². The molecule has 316 valence electrons. The van der Waals surface area contributed by atoms with Crippen LogP contribution in [0.1, 0.15) is 187 Å². The number of allylic oxidation sites excluding steroid dienone is 5. The maximum absolute atomic E-state index is 12.9. The summed E-state index contributed by atoms with van der Waals surface area (Å²) in [6.07, 6.45) is 36.1. The van der Waals surface area contributed by atoms with Crippen molar-refractivity contribution in [2.75, 3.05) is 13.2 Å². The van der Waals surface area contributed by atoms with Gasteiger partial charge in [-0.25, -0.2) is 0 Å². The molecule has 1 amide bonds. The highest BCUT2D eigenvalue weighted by Gasteiger charge is 2.44. The van der Waals surface area contributed by atoms with Crippen LogP contribution >= 0.6 is 0 Å². The molecule has 9 nitrogen and oxygen atoms in total. The van der Waals surface area contributed by atoms with E-state index < -0.39 is 49.5 Å². The van der Waals surface area contributed by atoms with Crippen LogP contribution in [-0.4, -0.2) is 87.5 Å². The molecule has 0 aromatic carbocycles. The molecule has 0 aromatic heterocycles. The Balaban J connectivity index is 2.42. The predicted octanol–water partition coefficient (Wildman–Crippen LogP) is 8.89. The van der Waals surface area contributed by atoms with Crippen LogP contribution in [0.3, 0.4) is 0 Å². The number of rotatable bonds is 36. The van der Waals surface area contributed by atoms with E-state index in [0.717, 1.165) is 57.8 Å². The van der Waals surface area contributed by atoms with E-state index in [1.807, 2.05) is 6.08 Å². The Morgan fingerprint density at radius 2 is 1.06 bits per heavy atom. The minimum Gasteiger partial charge on any atom is -0.394 e. The predicted molar refractivity (Wildman–Crippen MR) is 221 cm³/mol. The molecule has 0 radical (unpaired) electrons. The maximum atomic E-state index is 12.9. The standard InChI is InChI=1S/C45H83NO8/c1-3-5-7-9-11-13-15-17-19-20-21-22-24-26-28-30-32-34-39(48)38(37-53-45-44(52)43(51)42(50)40(36-47)54-45)46-41(49)35-33-31-29-27-25-23-18-16-14-12-10-8-6-4-2/h16,18,24,26,32,34,38-40,42-45,47-48,50-52H,3-15,17,19-23,25,27-31,33,35-37H2,1-2H3,(H,46,49)/b18-16+,26-24+,34-32+/t38-,39+,40+,42+,43?,44?,45+/m0/s1. The second-order valence-electron chi connectivity index (χ2n) is 15.5. The summed E-state index contributed by atoms with van der Waals surface area (Å²) in [5.74, 6) is -0.197. The van der Waals surface area contributed by atoms with E-state index in [-0.39, 0.29) is 12.5 Å². The Morgan fingerprint density at radius 3 is 1.56 bits per heavy atom. The summed E-state index contributed by atoms with van der Waals surface area (Å²) in [5.41, 5.74) is 0. The van der Waals surface area contributed by atoms with Gasteiger partial charge < -0.3 is 40.3 Å². The molecule has 7 atom stereocenters. The lowest BCUT2D eigenvalue weighted by atomic mass is 9.99. The average molecular weight is 766 g/mol. The molecule has 1 heterocycles. The van der Waals surface area contributed by atoms with Gasteiger partial charge in [0.1, 0.15) is 24.4 Å². The van der Waals surface area contributed by atoms with Gasteiger partial charge in [-0.1, -0.05) is 159 Å². The van der Waals surface area contributed by atoms with Crippen LogP contribution < -0.4 is 5.32 Å². The summed E-state index contributed by atoms with van der Waals surface area (Å²) < 4.78 is 11.2. The molecule has 0 aromatic rings. The third-order valence-electron chi connectivity index (χ3n) is 10.4. The second kappa shape index (κ2) is 35.8. The molecule has 1 aliphatic heterocycles. The summed E-state index contributed by atoms with van der Waals surface area (Å²) >= 11 is 0. The number of ether oxygens (including phenoxy) is 2. The lowest BCUT2D eigenvalue weighted by Gasteiger charge is -2.40. The van der Waals surface area contributed by atoms with Crippen LogP contribution in [-0.2, 0) is 14.3 Å². The third kappa shape index (κ3) is 26.3. The molecule has 1 saturated heterocycles. The van der Waals surface area contributed by atoms with E-state index in [1.54, 1.807) is 6.08 Å². The van der Waals surface area contributed by atoms with Crippen LogP contribution in [0.2, 0.25) is 0 Å². The van der Waals surface area contributed by atoms with Crippen LogP contribution in [0, 0.1) is 0 Å². The lowest BCUT2D eigenvalue weighted by molar-refractivity contribution is -0.302. The molecule has 6 N–H and O–H groups in total. The van der Waals surface area contributed by atoms with Crippen molar-refractivity contribution in [3.63, 3.8) is 0 Å². The molecule has 0 saturated carbocycles. The summed E-state index contributed by atoms with van der Waals surface area (Å²) in [6.45, 7) is 3.73. The fourth-order valence-electron chi connectivity index (χ4n) is 6.81. The summed E-state index contributed by atoms with van der Waals surface area (Å²) in [6, 6.07) is -0.823. The van der Waals surface area contributed by atoms with E-state index in [9.17, 15) is 30.3 Å². The Hall–Kier alpha value is -1.59. The molecule has 0 spiro atoms. The van der Waals surface area contributed by atoms with Crippen molar-refractivity contribution in [3.05, 3.63) is 36.5 Å². The number of hydrogen-bond donors (Lipinski definition) is 6. The minimum atomic E-state index is -1.57. The van der Waals surface area contributed by atoms with Crippen LogP contribution in [0.5, 0.6) is 0 Å². The molecule has 0 aliphatic carbocycles. The van der Waals surface area contributed by atoms with Gasteiger partial charge in [-0.2, -0.15) is 0 Å². The smallest absolute Gasteiger partial charge is 0.220 e. The lowest BCUT2D eigenvalue weighted by Crippen LogP contribution is -2.60. The third-order valence-corrected chi connectivity index (χ3v) is 10.4. The van der Waals surface area contributed by atoms with Crippen molar-refractivity contribution in [2.24, 2.45) is 0 Å². The van der Waals surface area contributed by atoms with Crippen LogP contribution in [0.4, 0.5) is 0 Å². The van der Waals surface area contributed by atoms with Crippen molar-refractivity contribution in [1.29, 1.82) is 0 Å². The first-order valence-electron chi connectivity index (χ1n) is 22.2. The summed E-state index contributed by atoms with van der Waals surface area (Å²) in [4.78, 5) is 12.9. The van der Waals surface area contributed by atoms with Crippen LogP contribution in [0.15, 0.2) is 36.5 Å². The monoisotopic (exact) mass is 766 g/mol. The molecule has 2 unspecified atom stereocenters. The molecule has 1 aliphatic rings. The SMILES string of the molecule is CCCCCCC/C=C/CCCCCCCC(=O)N[C@@H](CO[C@@H]1O[C@H](CO)[C@@H](O)C(O)C1O)[C@H](O)/C=C/CC/C=C/CCCCCCCCCCCCC. The number of amides is 1. The first kappa shape index (κ1) is 50.4. The van der Waals surface area contributed by atoms with Crippen LogP contribution in [0.25, 0.3) is 0 Å². The summed E-state index contributed by atoms with van der Waals surface area (Å²) in [7, 11) is 0.